The van der Waals surface area contributed by atoms with Crippen LogP contribution in [-0.4, -0.2) is 47.9 Å². The van der Waals surface area contributed by atoms with Crippen LogP contribution in [0, 0.1) is 5.92 Å². The third-order valence-corrected chi connectivity index (χ3v) is 3.01. The number of carbonyl (C=O) groups excluding carboxylic acids is 1. The third-order valence-electron chi connectivity index (χ3n) is 3.01. The molecule has 1 fully saturated rings. The van der Waals surface area contributed by atoms with Crippen LogP contribution in [0.2, 0.25) is 0 Å². The van der Waals surface area contributed by atoms with E-state index in [0.717, 1.165) is 13.1 Å². The lowest BCUT2D eigenvalue weighted by Crippen LogP contribution is -2.61. The van der Waals surface area contributed by atoms with Crippen LogP contribution in [0.25, 0.3) is 0 Å². The molecule has 3 nitrogen and oxygen atoms in total. The monoisotopic (exact) mass is 198 g/mol. The summed E-state index contributed by atoms with van der Waals surface area (Å²) < 4.78 is 0. The van der Waals surface area contributed by atoms with Crippen molar-refractivity contribution in [3.05, 3.63) is 0 Å². The number of nitrogens with zero attached hydrogens (tertiary/aromatic N) is 2. The molecule has 0 aliphatic carbocycles. The first-order chi connectivity index (χ1) is 6.43. The van der Waals surface area contributed by atoms with Gasteiger partial charge >= 0.3 is 0 Å². The minimum atomic E-state index is 0.119. The number of carbonyl (C=O) groups is 1. The zero-order valence-electron chi connectivity index (χ0n) is 9.95. The molecule has 0 bridgehead atoms. The summed E-state index contributed by atoms with van der Waals surface area (Å²) in [4.78, 5) is 16.0. The van der Waals surface area contributed by atoms with E-state index in [0.29, 0.717) is 12.1 Å². The summed E-state index contributed by atoms with van der Waals surface area (Å²) in [6, 6.07) is 1.04. The maximum absolute atomic E-state index is 11.7. The molecule has 1 rings (SSSR count). The summed E-state index contributed by atoms with van der Waals surface area (Å²) in [5, 5.41) is 0. The van der Waals surface area contributed by atoms with Gasteiger partial charge in [0.2, 0.25) is 5.91 Å². The Morgan fingerprint density at radius 1 is 1.29 bits per heavy atom. The SMILES string of the molecule is CC(C)C(=O)N(C)C1CN(C(C)C)C1. The van der Waals surface area contributed by atoms with E-state index >= 15 is 0 Å². The lowest BCUT2D eigenvalue weighted by molar-refractivity contribution is -0.139. The molecule has 1 aliphatic heterocycles. The molecule has 0 N–H and O–H groups in total. The van der Waals surface area contributed by atoms with Gasteiger partial charge in [-0.1, -0.05) is 13.8 Å². The molecule has 1 saturated heterocycles. The molecule has 0 atom stereocenters. The molecule has 0 unspecified atom stereocenters. The van der Waals surface area contributed by atoms with Gasteiger partial charge in [0.1, 0.15) is 0 Å². The second-order valence-corrected chi connectivity index (χ2v) is 4.81. The van der Waals surface area contributed by atoms with Crippen LogP contribution in [0.4, 0.5) is 0 Å². The number of rotatable bonds is 3. The molecule has 1 amide bonds. The maximum atomic E-state index is 11.7. The van der Waals surface area contributed by atoms with Crippen molar-refractivity contribution >= 4 is 5.91 Å². The first-order valence-electron chi connectivity index (χ1n) is 5.44. The number of hydrogen-bond donors (Lipinski definition) is 0. The van der Waals surface area contributed by atoms with Gasteiger partial charge in [0.25, 0.3) is 0 Å². The standard InChI is InChI=1S/C11H22N2O/c1-8(2)11(14)12(5)10-6-13(7-10)9(3)4/h8-10H,6-7H2,1-5H3. The van der Waals surface area contributed by atoms with E-state index in [-0.39, 0.29) is 11.8 Å². The van der Waals surface area contributed by atoms with E-state index in [9.17, 15) is 4.79 Å². The largest absolute Gasteiger partial charge is 0.340 e. The molecule has 14 heavy (non-hydrogen) atoms. The number of likely N-dealkylation sites (N-methyl/N-ethyl adjacent to an activating group) is 1. The predicted octanol–water partition coefficient (Wildman–Crippen LogP) is 1.19. The smallest absolute Gasteiger partial charge is 0.225 e. The van der Waals surface area contributed by atoms with Crippen molar-refractivity contribution in [3.8, 4) is 0 Å². The van der Waals surface area contributed by atoms with Crippen LogP contribution in [0.1, 0.15) is 27.7 Å². The fraction of sp³-hybridized carbons (Fsp3) is 0.909. The van der Waals surface area contributed by atoms with E-state index < -0.39 is 0 Å². The highest BCUT2D eigenvalue weighted by Gasteiger charge is 2.33. The molecule has 3 heteroatoms. The molecule has 0 aromatic carbocycles. The summed E-state index contributed by atoms with van der Waals surface area (Å²) in [5.74, 6) is 0.381. The van der Waals surface area contributed by atoms with Gasteiger partial charge in [-0.05, 0) is 13.8 Å². The summed E-state index contributed by atoms with van der Waals surface area (Å²) in [7, 11) is 1.92. The van der Waals surface area contributed by atoms with Crippen LogP contribution < -0.4 is 0 Å². The summed E-state index contributed by atoms with van der Waals surface area (Å²) in [6.45, 7) is 10.4. The van der Waals surface area contributed by atoms with Gasteiger partial charge in [0.05, 0.1) is 6.04 Å². The number of likely N-dealkylation sites (tertiary alicyclic amines) is 1. The Morgan fingerprint density at radius 3 is 2.14 bits per heavy atom. The fourth-order valence-corrected chi connectivity index (χ4v) is 1.74. The van der Waals surface area contributed by atoms with Crippen molar-refractivity contribution in [1.82, 2.24) is 9.80 Å². The van der Waals surface area contributed by atoms with Gasteiger partial charge in [0.15, 0.2) is 0 Å². The summed E-state index contributed by atoms with van der Waals surface area (Å²) in [5.41, 5.74) is 0. The Morgan fingerprint density at radius 2 is 1.79 bits per heavy atom. The zero-order chi connectivity index (χ0) is 10.9. The van der Waals surface area contributed by atoms with Crippen LogP contribution in [0.3, 0.4) is 0 Å². The molecular weight excluding hydrogens is 176 g/mol. The molecule has 0 radical (unpaired) electrons. The van der Waals surface area contributed by atoms with Gasteiger partial charge in [-0.3, -0.25) is 9.69 Å². The minimum Gasteiger partial charge on any atom is -0.340 e. The molecule has 0 spiro atoms. The van der Waals surface area contributed by atoms with Crippen LogP contribution in [-0.2, 0) is 4.79 Å². The van der Waals surface area contributed by atoms with Crippen molar-refractivity contribution in [2.24, 2.45) is 5.92 Å². The van der Waals surface area contributed by atoms with Gasteiger partial charge in [-0.25, -0.2) is 0 Å². The lowest BCUT2D eigenvalue weighted by atomic mass is 10.0. The van der Waals surface area contributed by atoms with Gasteiger partial charge in [0, 0.05) is 32.1 Å². The van der Waals surface area contributed by atoms with Crippen molar-refractivity contribution in [3.63, 3.8) is 0 Å². The van der Waals surface area contributed by atoms with Crippen LogP contribution >= 0.6 is 0 Å². The van der Waals surface area contributed by atoms with Gasteiger partial charge in [-0.2, -0.15) is 0 Å². The molecule has 82 valence electrons. The van der Waals surface area contributed by atoms with Crippen molar-refractivity contribution in [2.45, 2.75) is 39.8 Å². The van der Waals surface area contributed by atoms with Gasteiger partial charge in [-0.15, -0.1) is 0 Å². The van der Waals surface area contributed by atoms with Crippen molar-refractivity contribution < 1.29 is 4.79 Å². The van der Waals surface area contributed by atoms with Crippen molar-refractivity contribution in [2.75, 3.05) is 20.1 Å². The molecule has 0 aromatic heterocycles. The van der Waals surface area contributed by atoms with E-state index in [1.807, 2.05) is 25.8 Å². The Balaban J connectivity index is 2.36. The highest BCUT2D eigenvalue weighted by molar-refractivity contribution is 5.78. The highest BCUT2D eigenvalue weighted by Crippen LogP contribution is 2.17. The van der Waals surface area contributed by atoms with Crippen LogP contribution in [0.5, 0.6) is 0 Å². The van der Waals surface area contributed by atoms with E-state index in [2.05, 4.69) is 18.7 Å². The lowest BCUT2D eigenvalue weighted by Gasteiger charge is -2.46. The molecule has 0 aromatic rings. The summed E-state index contributed by atoms with van der Waals surface area (Å²) in [6.07, 6.45) is 0. The Labute approximate surface area is 87.1 Å². The minimum absolute atomic E-state index is 0.119. The average molecular weight is 198 g/mol. The second kappa shape index (κ2) is 4.30. The van der Waals surface area contributed by atoms with Crippen molar-refractivity contribution in [1.29, 1.82) is 0 Å². The first-order valence-corrected chi connectivity index (χ1v) is 5.44. The van der Waals surface area contributed by atoms with Gasteiger partial charge < -0.3 is 4.90 Å². The quantitative estimate of drug-likeness (QED) is 0.680. The number of hydrogen-bond acceptors (Lipinski definition) is 2. The maximum Gasteiger partial charge on any atom is 0.225 e. The third kappa shape index (κ3) is 2.27. The Kier molecular flexibility index (Phi) is 3.53. The average Bonchev–Trinajstić information content (AvgIpc) is 1.98. The van der Waals surface area contributed by atoms with E-state index in [1.54, 1.807) is 0 Å². The van der Waals surface area contributed by atoms with E-state index in [4.69, 9.17) is 0 Å². The first kappa shape index (κ1) is 11.5. The Bertz CT molecular complexity index is 207. The molecule has 1 aliphatic rings. The molecule has 0 saturated carbocycles. The molecule has 1 heterocycles. The Hall–Kier alpha value is -0.570. The number of amides is 1. The summed E-state index contributed by atoms with van der Waals surface area (Å²) >= 11 is 0. The second-order valence-electron chi connectivity index (χ2n) is 4.81. The topological polar surface area (TPSA) is 23.6 Å². The highest BCUT2D eigenvalue weighted by atomic mass is 16.2. The fourth-order valence-electron chi connectivity index (χ4n) is 1.74. The van der Waals surface area contributed by atoms with E-state index in [1.165, 1.54) is 0 Å². The normalized spacial score (nSPS) is 18.8. The predicted molar refractivity (Wildman–Crippen MR) is 58.1 cm³/mol. The molecular formula is C11H22N2O. The van der Waals surface area contributed by atoms with Crippen LogP contribution in [0.15, 0.2) is 0 Å². The zero-order valence-corrected chi connectivity index (χ0v) is 9.95.